The average Bonchev–Trinajstić information content (AvgIpc) is 2.51. The van der Waals surface area contributed by atoms with Gasteiger partial charge < -0.3 is 19.6 Å². The third kappa shape index (κ3) is 4.17. The predicted molar refractivity (Wildman–Crippen MR) is 91.9 cm³/mol. The highest BCUT2D eigenvalue weighted by Crippen LogP contribution is 2.28. The summed E-state index contributed by atoms with van der Waals surface area (Å²) in [5, 5.41) is 12.3. The fourth-order valence-electron chi connectivity index (χ4n) is 2.53. The standard InChI is InChI=1S/C18H21NO6/c1-9(2)16(18(22)23)19-14(20)8-24-13-6-5-12-10(3)7-15(21)25-17(12)11(13)4/h5-7,9,16H,8H2,1-4H3,(H,19,20)(H,22,23). The Balaban J connectivity index is 2.16. The van der Waals surface area contributed by atoms with Gasteiger partial charge in [0.2, 0.25) is 0 Å². The Labute approximate surface area is 144 Å². The Morgan fingerprint density at radius 3 is 2.56 bits per heavy atom. The summed E-state index contributed by atoms with van der Waals surface area (Å²) in [5.41, 5.74) is 1.35. The van der Waals surface area contributed by atoms with Gasteiger partial charge in [-0.1, -0.05) is 13.8 Å². The Morgan fingerprint density at radius 1 is 1.28 bits per heavy atom. The maximum Gasteiger partial charge on any atom is 0.336 e. The first kappa shape index (κ1) is 18.5. The van der Waals surface area contributed by atoms with Gasteiger partial charge in [0.05, 0.1) is 0 Å². The van der Waals surface area contributed by atoms with Crippen molar-refractivity contribution in [2.24, 2.45) is 5.92 Å². The van der Waals surface area contributed by atoms with Gasteiger partial charge in [0, 0.05) is 17.0 Å². The minimum Gasteiger partial charge on any atom is -0.483 e. The van der Waals surface area contributed by atoms with Crippen LogP contribution in [0.5, 0.6) is 5.75 Å². The number of carboxylic acid groups (broad SMARTS) is 1. The summed E-state index contributed by atoms with van der Waals surface area (Å²) in [7, 11) is 0. The quantitative estimate of drug-likeness (QED) is 0.774. The molecule has 25 heavy (non-hydrogen) atoms. The van der Waals surface area contributed by atoms with Gasteiger partial charge in [-0.25, -0.2) is 9.59 Å². The Kier molecular flexibility index (Phi) is 5.46. The molecule has 0 spiro atoms. The zero-order chi connectivity index (χ0) is 18.7. The van der Waals surface area contributed by atoms with Crippen molar-refractivity contribution >= 4 is 22.8 Å². The van der Waals surface area contributed by atoms with Gasteiger partial charge in [0.1, 0.15) is 17.4 Å². The van der Waals surface area contributed by atoms with Crippen LogP contribution in [0.3, 0.4) is 0 Å². The fourth-order valence-corrected chi connectivity index (χ4v) is 2.53. The molecule has 2 aromatic rings. The highest BCUT2D eigenvalue weighted by Gasteiger charge is 2.23. The zero-order valence-electron chi connectivity index (χ0n) is 14.6. The van der Waals surface area contributed by atoms with Gasteiger partial charge >= 0.3 is 11.6 Å². The van der Waals surface area contributed by atoms with Crippen LogP contribution >= 0.6 is 0 Å². The fraction of sp³-hybridized carbons (Fsp3) is 0.389. The van der Waals surface area contributed by atoms with E-state index in [1.165, 1.54) is 6.07 Å². The third-order valence-electron chi connectivity index (χ3n) is 3.93. The molecule has 0 bridgehead atoms. The van der Waals surface area contributed by atoms with Crippen LogP contribution in [0.4, 0.5) is 0 Å². The number of nitrogens with one attached hydrogen (secondary N) is 1. The lowest BCUT2D eigenvalue weighted by Gasteiger charge is -2.18. The molecule has 7 heteroatoms. The summed E-state index contributed by atoms with van der Waals surface area (Å²) in [6, 6.07) is 3.87. The molecule has 1 atom stereocenters. The smallest absolute Gasteiger partial charge is 0.336 e. The summed E-state index contributed by atoms with van der Waals surface area (Å²) < 4.78 is 10.7. The van der Waals surface area contributed by atoms with Crippen LogP contribution in [0.15, 0.2) is 27.4 Å². The molecule has 1 unspecified atom stereocenters. The maximum absolute atomic E-state index is 11.9. The molecule has 1 aromatic heterocycles. The topological polar surface area (TPSA) is 106 Å². The third-order valence-corrected chi connectivity index (χ3v) is 3.93. The molecule has 2 rings (SSSR count). The first-order chi connectivity index (χ1) is 11.7. The summed E-state index contributed by atoms with van der Waals surface area (Å²) in [5.74, 6) is -1.48. The first-order valence-electron chi connectivity index (χ1n) is 7.89. The number of ether oxygens (including phenoxy) is 1. The molecule has 2 N–H and O–H groups in total. The SMILES string of the molecule is Cc1cc(=O)oc2c(C)c(OCC(=O)NC(C(=O)O)C(C)C)ccc12. The van der Waals surface area contributed by atoms with E-state index in [2.05, 4.69) is 5.32 Å². The zero-order valence-corrected chi connectivity index (χ0v) is 14.6. The van der Waals surface area contributed by atoms with Crippen LogP contribution < -0.4 is 15.7 Å². The van der Waals surface area contributed by atoms with E-state index in [-0.39, 0.29) is 12.5 Å². The lowest BCUT2D eigenvalue weighted by atomic mass is 10.1. The van der Waals surface area contributed by atoms with E-state index < -0.39 is 23.5 Å². The van der Waals surface area contributed by atoms with Crippen molar-refractivity contribution in [2.75, 3.05) is 6.61 Å². The number of carboxylic acids is 1. The monoisotopic (exact) mass is 347 g/mol. The van der Waals surface area contributed by atoms with Crippen LogP contribution in [-0.2, 0) is 9.59 Å². The van der Waals surface area contributed by atoms with Crippen LogP contribution in [0.25, 0.3) is 11.0 Å². The molecular formula is C18H21NO6. The summed E-state index contributed by atoms with van der Waals surface area (Å²) in [6.45, 7) is 6.62. The molecule has 1 heterocycles. The van der Waals surface area contributed by atoms with Gasteiger partial charge in [-0.3, -0.25) is 4.79 Å². The molecule has 0 saturated carbocycles. The van der Waals surface area contributed by atoms with Crippen molar-refractivity contribution in [1.82, 2.24) is 5.32 Å². The minimum atomic E-state index is -1.09. The molecule has 1 amide bonds. The number of aryl methyl sites for hydroxylation is 2. The molecule has 0 fully saturated rings. The number of hydrogen-bond donors (Lipinski definition) is 2. The number of hydrogen-bond acceptors (Lipinski definition) is 5. The van der Waals surface area contributed by atoms with E-state index in [9.17, 15) is 14.4 Å². The van der Waals surface area contributed by atoms with Crippen LogP contribution in [0.2, 0.25) is 0 Å². The maximum atomic E-state index is 11.9. The van der Waals surface area contributed by atoms with Crippen molar-refractivity contribution in [3.63, 3.8) is 0 Å². The molecule has 0 aliphatic heterocycles. The van der Waals surface area contributed by atoms with Crippen molar-refractivity contribution in [1.29, 1.82) is 0 Å². The average molecular weight is 347 g/mol. The molecule has 0 aliphatic carbocycles. The van der Waals surface area contributed by atoms with Gasteiger partial charge in [-0.05, 0) is 37.5 Å². The summed E-state index contributed by atoms with van der Waals surface area (Å²) in [6.07, 6.45) is 0. The minimum absolute atomic E-state index is 0.249. The molecule has 0 aliphatic rings. The number of rotatable bonds is 6. The highest BCUT2D eigenvalue weighted by molar-refractivity contribution is 5.86. The molecule has 134 valence electrons. The number of fused-ring (bicyclic) bond motifs is 1. The highest BCUT2D eigenvalue weighted by atomic mass is 16.5. The van der Waals surface area contributed by atoms with Crippen molar-refractivity contribution in [2.45, 2.75) is 33.7 Å². The van der Waals surface area contributed by atoms with Gasteiger partial charge in [0.25, 0.3) is 5.91 Å². The van der Waals surface area contributed by atoms with E-state index in [1.54, 1.807) is 32.9 Å². The number of carbonyl (C=O) groups excluding carboxylic acids is 1. The summed E-state index contributed by atoms with van der Waals surface area (Å²) in [4.78, 5) is 34.6. The largest absolute Gasteiger partial charge is 0.483 e. The molecule has 0 radical (unpaired) electrons. The van der Waals surface area contributed by atoms with E-state index >= 15 is 0 Å². The normalized spacial score (nSPS) is 12.2. The van der Waals surface area contributed by atoms with Gasteiger partial charge in [-0.2, -0.15) is 0 Å². The first-order valence-corrected chi connectivity index (χ1v) is 7.89. The molecule has 0 saturated heterocycles. The van der Waals surface area contributed by atoms with Crippen LogP contribution in [0, 0.1) is 19.8 Å². The Morgan fingerprint density at radius 2 is 1.96 bits per heavy atom. The van der Waals surface area contributed by atoms with E-state index in [1.807, 2.05) is 6.92 Å². The number of benzene rings is 1. The molecule has 1 aromatic carbocycles. The van der Waals surface area contributed by atoms with E-state index in [4.69, 9.17) is 14.3 Å². The van der Waals surface area contributed by atoms with Crippen LogP contribution in [-0.4, -0.2) is 29.6 Å². The number of carbonyl (C=O) groups is 2. The lowest BCUT2D eigenvalue weighted by molar-refractivity contribution is -0.143. The van der Waals surface area contributed by atoms with E-state index in [0.717, 1.165) is 10.9 Å². The lowest BCUT2D eigenvalue weighted by Crippen LogP contribution is -2.46. The Bertz CT molecular complexity index is 868. The van der Waals surface area contributed by atoms with Gasteiger partial charge in [-0.15, -0.1) is 0 Å². The van der Waals surface area contributed by atoms with E-state index in [0.29, 0.717) is 16.9 Å². The Hall–Kier alpha value is -2.83. The number of amides is 1. The molecule has 7 nitrogen and oxygen atoms in total. The second-order valence-electron chi connectivity index (χ2n) is 6.23. The van der Waals surface area contributed by atoms with Crippen molar-refractivity contribution in [3.8, 4) is 5.75 Å². The number of aliphatic carboxylic acids is 1. The van der Waals surface area contributed by atoms with Crippen LogP contribution in [0.1, 0.15) is 25.0 Å². The van der Waals surface area contributed by atoms with Crippen molar-refractivity contribution < 1.29 is 23.8 Å². The van der Waals surface area contributed by atoms with Crippen molar-refractivity contribution in [3.05, 3.63) is 39.7 Å². The second kappa shape index (κ2) is 7.38. The summed E-state index contributed by atoms with van der Waals surface area (Å²) >= 11 is 0. The predicted octanol–water partition coefficient (Wildman–Crippen LogP) is 2.01. The van der Waals surface area contributed by atoms with Gasteiger partial charge in [0.15, 0.2) is 6.61 Å². The molecular weight excluding hydrogens is 326 g/mol. The second-order valence-corrected chi connectivity index (χ2v) is 6.23.